The molecule has 0 saturated heterocycles. The maximum absolute atomic E-state index is 12.4. The minimum absolute atomic E-state index is 0.121. The highest BCUT2D eigenvalue weighted by atomic mass is 32.2. The summed E-state index contributed by atoms with van der Waals surface area (Å²) in [6.45, 7) is 8.28. The van der Waals surface area contributed by atoms with E-state index in [0.717, 1.165) is 11.4 Å². The van der Waals surface area contributed by atoms with Gasteiger partial charge in [0, 0.05) is 12.1 Å². The zero-order valence-corrected chi connectivity index (χ0v) is 17.2. The van der Waals surface area contributed by atoms with Crippen molar-refractivity contribution in [1.82, 2.24) is 20.1 Å². The number of thioether (sulfide) groups is 1. The molecule has 0 radical (unpaired) electrons. The summed E-state index contributed by atoms with van der Waals surface area (Å²) in [6.07, 6.45) is 2.28. The molecule has 8 heteroatoms. The van der Waals surface area contributed by atoms with Crippen molar-refractivity contribution in [2.24, 2.45) is 5.92 Å². The van der Waals surface area contributed by atoms with Crippen LogP contribution in [0.25, 0.3) is 11.4 Å². The van der Waals surface area contributed by atoms with E-state index < -0.39 is 12.0 Å². The summed E-state index contributed by atoms with van der Waals surface area (Å²) >= 11 is 1.27. The number of hydrogen-bond donors (Lipinski definition) is 1. The molecule has 0 aliphatic carbocycles. The van der Waals surface area contributed by atoms with Gasteiger partial charge in [0.1, 0.15) is 6.04 Å². The van der Waals surface area contributed by atoms with E-state index in [1.165, 1.54) is 18.9 Å². The Balaban J connectivity index is 2.07. The van der Waals surface area contributed by atoms with Gasteiger partial charge in [0.2, 0.25) is 5.91 Å². The first-order chi connectivity index (χ1) is 13.5. The normalized spacial score (nSPS) is 11.9. The Labute approximate surface area is 169 Å². The Morgan fingerprint density at radius 2 is 2.00 bits per heavy atom. The Hall–Kier alpha value is -2.61. The number of hydrogen-bond acceptors (Lipinski definition) is 6. The Bertz CT molecular complexity index is 805. The first kappa shape index (κ1) is 21.7. The van der Waals surface area contributed by atoms with Crippen LogP contribution in [0.2, 0.25) is 0 Å². The number of nitrogens with zero attached hydrogens (tertiary/aromatic N) is 3. The number of methoxy groups -OCH3 is 1. The van der Waals surface area contributed by atoms with Crippen molar-refractivity contribution in [3.8, 4) is 11.4 Å². The molecule has 1 amide bonds. The molecule has 0 aliphatic heterocycles. The lowest BCUT2D eigenvalue weighted by Crippen LogP contribution is -2.43. The second-order valence-electron chi connectivity index (χ2n) is 6.63. The molecule has 0 fully saturated rings. The molecule has 2 rings (SSSR count). The lowest BCUT2D eigenvalue weighted by atomic mass is 10.0. The summed E-state index contributed by atoms with van der Waals surface area (Å²) < 4.78 is 6.69. The fourth-order valence-electron chi connectivity index (χ4n) is 2.68. The maximum atomic E-state index is 12.4. The predicted octanol–water partition coefficient (Wildman–Crippen LogP) is 2.93. The fourth-order valence-corrected chi connectivity index (χ4v) is 3.44. The Morgan fingerprint density at radius 3 is 2.61 bits per heavy atom. The van der Waals surface area contributed by atoms with Gasteiger partial charge in [-0.1, -0.05) is 62.0 Å². The van der Waals surface area contributed by atoms with E-state index in [-0.39, 0.29) is 17.6 Å². The number of carbonyl (C=O) groups is 2. The third-order valence-corrected chi connectivity index (χ3v) is 4.89. The molecule has 1 aromatic heterocycles. The highest BCUT2D eigenvalue weighted by Gasteiger charge is 2.23. The van der Waals surface area contributed by atoms with E-state index in [2.05, 4.69) is 22.1 Å². The minimum atomic E-state index is -0.649. The van der Waals surface area contributed by atoms with Gasteiger partial charge in [-0.25, -0.2) is 4.79 Å². The molecular weight excluding hydrogens is 376 g/mol. The predicted molar refractivity (Wildman–Crippen MR) is 110 cm³/mol. The number of allylic oxidation sites excluding steroid dienone is 1. The number of nitrogens with one attached hydrogen (secondary N) is 1. The van der Waals surface area contributed by atoms with Gasteiger partial charge in [0.15, 0.2) is 11.0 Å². The molecule has 0 aliphatic rings. The number of rotatable bonds is 10. The quantitative estimate of drug-likeness (QED) is 0.374. The Morgan fingerprint density at radius 1 is 1.29 bits per heavy atom. The SMILES string of the molecule is C=CCn1c(SCC(=O)N[C@@H](CC(C)C)C(=O)OC)nnc1-c1ccccc1. The van der Waals surface area contributed by atoms with E-state index >= 15 is 0 Å². The van der Waals surface area contributed by atoms with E-state index in [1.54, 1.807) is 6.08 Å². The molecule has 7 nitrogen and oxygen atoms in total. The van der Waals surface area contributed by atoms with Crippen LogP contribution < -0.4 is 5.32 Å². The minimum Gasteiger partial charge on any atom is -0.467 e. The van der Waals surface area contributed by atoms with E-state index in [4.69, 9.17) is 4.74 Å². The van der Waals surface area contributed by atoms with Gasteiger partial charge >= 0.3 is 5.97 Å². The zero-order chi connectivity index (χ0) is 20.5. The van der Waals surface area contributed by atoms with Crippen molar-refractivity contribution in [3.63, 3.8) is 0 Å². The van der Waals surface area contributed by atoms with Crippen molar-refractivity contribution in [1.29, 1.82) is 0 Å². The van der Waals surface area contributed by atoms with Gasteiger partial charge in [-0.15, -0.1) is 16.8 Å². The van der Waals surface area contributed by atoms with Crippen molar-refractivity contribution in [2.75, 3.05) is 12.9 Å². The van der Waals surface area contributed by atoms with E-state index in [1.807, 2.05) is 48.7 Å². The molecule has 1 heterocycles. The molecule has 0 bridgehead atoms. The first-order valence-corrected chi connectivity index (χ1v) is 10.0. The maximum Gasteiger partial charge on any atom is 0.328 e. The Kier molecular flexibility index (Phi) is 8.25. The fraction of sp³-hybridized carbons (Fsp3) is 0.400. The zero-order valence-electron chi connectivity index (χ0n) is 16.4. The van der Waals surface area contributed by atoms with Gasteiger partial charge in [-0.3, -0.25) is 9.36 Å². The third-order valence-electron chi connectivity index (χ3n) is 3.92. The summed E-state index contributed by atoms with van der Waals surface area (Å²) in [6, 6.07) is 9.07. The molecule has 1 N–H and O–H groups in total. The van der Waals surface area contributed by atoms with Crippen molar-refractivity contribution >= 4 is 23.6 Å². The number of esters is 1. The standard InChI is InChI=1S/C20H26N4O3S/c1-5-11-24-18(15-9-7-6-8-10-15)22-23-20(24)28-13-17(25)21-16(12-14(2)3)19(26)27-4/h5-10,14,16H,1,11-13H2,2-4H3,(H,21,25)/t16-/m0/s1. The first-order valence-electron chi connectivity index (χ1n) is 9.05. The number of benzene rings is 1. The van der Waals surface area contributed by atoms with Gasteiger partial charge in [-0.2, -0.15) is 0 Å². The smallest absolute Gasteiger partial charge is 0.328 e. The highest BCUT2D eigenvalue weighted by molar-refractivity contribution is 7.99. The van der Waals surface area contributed by atoms with Crippen molar-refractivity contribution < 1.29 is 14.3 Å². The molecule has 1 aromatic carbocycles. The average Bonchev–Trinajstić information content (AvgIpc) is 3.08. The number of aromatic nitrogens is 3. The summed E-state index contributed by atoms with van der Waals surface area (Å²) in [4.78, 5) is 24.2. The van der Waals surface area contributed by atoms with Gasteiger partial charge in [-0.05, 0) is 12.3 Å². The van der Waals surface area contributed by atoms with Crippen LogP contribution in [0.15, 0.2) is 48.1 Å². The van der Waals surface area contributed by atoms with Crippen LogP contribution in [0.4, 0.5) is 0 Å². The topological polar surface area (TPSA) is 86.1 Å². The second-order valence-corrected chi connectivity index (χ2v) is 7.58. The van der Waals surface area contributed by atoms with Gasteiger partial charge in [0.05, 0.1) is 12.9 Å². The lowest BCUT2D eigenvalue weighted by molar-refractivity contribution is -0.145. The average molecular weight is 403 g/mol. The molecule has 1 atom stereocenters. The lowest BCUT2D eigenvalue weighted by Gasteiger charge is -2.18. The monoisotopic (exact) mass is 402 g/mol. The van der Waals surface area contributed by atoms with Crippen LogP contribution in [0.3, 0.4) is 0 Å². The largest absolute Gasteiger partial charge is 0.467 e. The molecule has 0 saturated carbocycles. The second kappa shape index (κ2) is 10.7. The molecule has 0 unspecified atom stereocenters. The molecule has 2 aromatic rings. The van der Waals surface area contributed by atoms with Crippen LogP contribution in [-0.4, -0.2) is 45.5 Å². The van der Waals surface area contributed by atoms with Crippen LogP contribution in [0.1, 0.15) is 20.3 Å². The van der Waals surface area contributed by atoms with Crippen molar-refractivity contribution in [2.45, 2.75) is 38.0 Å². The van der Waals surface area contributed by atoms with Crippen LogP contribution in [0, 0.1) is 5.92 Å². The van der Waals surface area contributed by atoms with Crippen LogP contribution in [0.5, 0.6) is 0 Å². The molecule has 28 heavy (non-hydrogen) atoms. The van der Waals surface area contributed by atoms with Gasteiger partial charge < -0.3 is 10.1 Å². The van der Waals surface area contributed by atoms with E-state index in [0.29, 0.717) is 18.1 Å². The number of carbonyl (C=O) groups excluding carboxylic acids is 2. The number of ether oxygens (including phenoxy) is 1. The summed E-state index contributed by atoms with van der Waals surface area (Å²) in [5.74, 6) is 0.399. The van der Waals surface area contributed by atoms with Crippen LogP contribution in [-0.2, 0) is 20.9 Å². The highest BCUT2D eigenvalue weighted by Crippen LogP contribution is 2.24. The molecule has 0 spiro atoms. The van der Waals surface area contributed by atoms with Crippen LogP contribution >= 0.6 is 11.8 Å². The molecule has 150 valence electrons. The summed E-state index contributed by atoms with van der Waals surface area (Å²) in [7, 11) is 1.32. The third kappa shape index (κ3) is 5.95. The van der Waals surface area contributed by atoms with Gasteiger partial charge in [0.25, 0.3) is 0 Å². The van der Waals surface area contributed by atoms with Crippen molar-refractivity contribution in [3.05, 3.63) is 43.0 Å². The van der Waals surface area contributed by atoms with E-state index in [9.17, 15) is 9.59 Å². The molecular formula is C20H26N4O3S. The summed E-state index contributed by atoms with van der Waals surface area (Å²) in [5, 5.41) is 11.8. The summed E-state index contributed by atoms with van der Waals surface area (Å²) in [5.41, 5.74) is 0.941. The number of amides is 1.